The molecule has 5 heteroatoms. The second kappa shape index (κ2) is 4.68. The van der Waals surface area contributed by atoms with Gasteiger partial charge in [-0.05, 0) is 11.6 Å². The van der Waals surface area contributed by atoms with E-state index in [1.807, 2.05) is 24.3 Å². The zero-order valence-corrected chi connectivity index (χ0v) is 10.5. The molecule has 0 spiro atoms. The van der Waals surface area contributed by atoms with Crippen LogP contribution in [0.1, 0.15) is 22.0 Å². The molecular formula is C14H13N3O2. The Labute approximate surface area is 110 Å². The van der Waals surface area contributed by atoms with Gasteiger partial charge in [-0.2, -0.15) is 0 Å². The maximum Gasteiger partial charge on any atom is 0.243 e. The van der Waals surface area contributed by atoms with Crippen LogP contribution < -0.4 is 10.1 Å². The van der Waals surface area contributed by atoms with E-state index in [1.165, 1.54) is 19.5 Å². The Balaban J connectivity index is 1.98. The second-order valence-corrected chi connectivity index (χ2v) is 4.30. The lowest BCUT2D eigenvalue weighted by atomic mass is 9.95. The lowest BCUT2D eigenvalue weighted by Gasteiger charge is -2.10. The number of nitrogens with one attached hydrogen (secondary N) is 1. The Morgan fingerprint density at radius 3 is 2.95 bits per heavy atom. The van der Waals surface area contributed by atoms with Crippen LogP contribution in [0.15, 0.2) is 36.7 Å². The normalized spacial score (nSPS) is 16.6. The highest BCUT2D eigenvalue weighted by Crippen LogP contribution is 2.34. The standard InChI is InChI=1S/C14H13N3O2/c1-19-14-12(15-6-7-16-14)13(18)10-8-17-11-5-3-2-4-9(10)11/h2-7,10,17H,8H2,1H3. The lowest BCUT2D eigenvalue weighted by molar-refractivity contribution is 0.0957. The van der Waals surface area contributed by atoms with Crippen molar-refractivity contribution < 1.29 is 9.53 Å². The molecule has 1 aromatic carbocycles. The topological polar surface area (TPSA) is 64.1 Å². The number of Topliss-reactive ketones (excluding diaryl/α,β-unsaturated/α-hetero) is 1. The summed E-state index contributed by atoms with van der Waals surface area (Å²) in [6.07, 6.45) is 3.01. The van der Waals surface area contributed by atoms with Crippen LogP contribution in [0.4, 0.5) is 5.69 Å². The summed E-state index contributed by atoms with van der Waals surface area (Å²) in [5.41, 5.74) is 2.29. The van der Waals surface area contributed by atoms with Crippen molar-refractivity contribution in [1.29, 1.82) is 0 Å². The molecule has 0 bridgehead atoms. The third-order valence-corrected chi connectivity index (χ3v) is 3.24. The minimum Gasteiger partial charge on any atom is -0.479 e. The van der Waals surface area contributed by atoms with Gasteiger partial charge in [0.25, 0.3) is 0 Å². The van der Waals surface area contributed by atoms with Crippen LogP contribution in [-0.4, -0.2) is 29.4 Å². The van der Waals surface area contributed by atoms with Crippen LogP contribution in [0.5, 0.6) is 5.88 Å². The smallest absolute Gasteiger partial charge is 0.243 e. The average Bonchev–Trinajstić information content (AvgIpc) is 2.90. The number of benzene rings is 1. The molecule has 0 saturated heterocycles. The fourth-order valence-corrected chi connectivity index (χ4v) is 2.33. The molecule has 1 aliphatic rings. The molecule has 0 radical (unpaired) electrons. The van der Waals surface area contributed by atoms with Crippen molar-refractivity contribution in [3.8, 4) is 5.88 Å². The summed E-state index contributed by atoms with van der Waals surface area (Å²) in [4.78, 5) is 20.7. The van der Waals surface area contributed by atoms with E-state index < -0.39 is 0 Å². The van der Waals surface area contributed by atoms with Crippen molar-refractivity contribution in [3.63, 3.8) is 0 Å². The highest BCUT2D eigenvalue weighted by molar-refractivity contribution is 6.03. The summed E-state index contributed by atoms with van der Waals surface area (Å²) < 4.78 is 5.10. The predicted octanol–water partition coefficient (Wildman–Crippen LogP) is 1.88. The van der Waals surface area contributed by atoms with Gasteiger partial charge in [0, 0.05) is 24.6 Å². The summed E-state index contributed by atoms with van der Waals surface area (Å²) in [5, 5.41) is 3.23. The number of rotatable bonds is 3. The van der Waals surface area contributed by atoms with Crippen molar-refractivity contribution in [2.45, 2.75) is 5.92 Å². The number of para-hydroxylation sites is 1. The number of fused-ring (bicyclic) bond motifs is 1. The number of nitrogens with zero attached hydrogens (tertiary/aromatic N) is 2. The van der Waals surface area contributed by atoms with E-state index >= 15 is 0 Å². The first-order valence-corrected chi connectivity index (χ1v) is 6.03. The van der Waals surface area contributed by atoms with E-state index in [1.54, 1.807) is 0 Å². The molecule has 0 saturated carbocycles. The van der Waals surface area contributed by atoms with E-state index in [-0.39, 0.29) is 23.3 Å². The number of anilines is 1. The molecule has 1 atom stereocenters. The Morgan fingerprint density at radius 1 is 1.32 bits per heavy atom. The van der Waals surface area contributed by atoms with E-state index in [0.717, 1.165) is 11.3 Å². The van der Waals surface area contributed by atoms with Gasteiger partial charge in [0.2, 0.25) is 5.88 Å². The van der Waals surface area contributed by atoms with Crippen LogP contribution in [0.25, 0.3) is 0 Å². The van der Waals surface area contributed by atoms with Crippen molar-refractivity contribution in [1.82, 2.24) is 9.97 Å². The first-order valence-electron chi connectivity index (χ1n) is 6.03. The van der Waals surface area contributed by atoms with Crippen molar-refractivity contribution in [3.05, 3.63) is 47.9 Å². The Bertz CT molecular complexity index is 628. The molecule has 5 nitrogen and oxygen atoms in total. The summed E-state index contributed by atoms with van der Waals surface area (Å²) in [6, 6.07) is 7.80. The number of hydrogen-bond acceptors (Lipinski definition) is 5. The maximum absolute atomic E-state index is 12.6. The molecule has 96 valence electrons. The molecule has 0 aliphatic carbocycles. The van der Waals surface area contributed by atoms with Gasteiger partial charge >= 0.3 is 0 Å². The second-order valence-electron chi connectivity index (χ2n) is 4.30. The molecule has 1 N–H and O–H groups in total. The van der Waals surface area contributed by atoms with Gasteiger partial charge in [0.15, 0.2) is 11.5 Å². The van der Waals surface area contributed by atoms with Crippen LogP contribution >= 0.6 is 0 Å². The number of hydrogen-bond donors (Lipinski definition) is 1. The first kappa shape index (κ1) is 11.6. The minimum absolute atomic E-state index is 0.0672. The first-order chi connectivity index (χ1) is 9.31. The zero-order chi connectivity index (χ0) is 13.2. The Kier molecular flexibility index (Phi) is 2.87. The van der Waals surface area contributed by atoms with Crippen LogP contribution in [0.2, 0.25) is 0 Å². The summed E-state index contributed by atoms with van der Waals surface area (Å²) >= 11 is 0. The quantitative estimate of drug-likeness (QED) is 0.848. The van der Waals surface area contributed by atoms with E-state index in [2.05, 4.69) is 15.3 Å². The fourth-order valence-electron chi connectivity index (χ4n) is 2.33. The van der Waals surface area contributed by atoms with Crippen LogP contribution in [0.3, 0.4) is 0 Å². The molecule has 1 aromatic heterocycles. The number of carbonyl (C=O) groups excluding carboxylic acids is 1. The molecule has 3 rings (SSSR count). The molecule has 1 aliphatic heterocycles. The van der Waals surface area contributed by atoms with E-state index in [9.17, 15) is 4.79 Å². The molecule has 2 aromatic rings. The predicted molar refractivity (Wildman–Crippen MR) is 70.6 cm³/mol. The molecule has 19 heavy (non-hydrogen) atoms. The Morgan fingerprint density at radius 2 is 2.11 bits per heavy atom. The average molecular weight is 255 g/mol. The number of ketones is 1. The molecule has 0 amide bonds. The number of carbonyl (C=O) groups is 1. The number of ether oxygens (including phenoxy) is 1. The SMILES string of the molecule is COc1nccnc1C(=O)C1CNc2ccccc21. The summed E-state index contributed by atoms with van der Waals surface area (Å²) in [6.45, 7) is 0.581. The summed E-state index contributed by atoms with van der Waals surface area (Å²) in [7, 11) is 1.49. The van der Waals surface area contributed by atoms with Crippen LogP contribution in [0, 0.1) is 0 Å². The highest BCUT2D eigenvalue weighted by atomic mass is 16.5. The van der Waals surface area contributed by atoms with Crippen molar-refractivity contribution >= 4 is 11.5 Å². The fraction of sp³-hybridized carbons (Fsp3) is 0.214. The highest BCUT2D eigenvalue weighted by Gasteiger charge is 2.31. The molecule has 0 fully saturated rings. The lowest BCUT2D eigenvalue weighted by Crippen LogP contribution is -2.17. The third kappa shape index (κ3) is 1.93. The Hall–Kier alpha value is -2.43. The van der Waals surface area contributed by atoms with Gasteiger partial charge in [-0.1, -0.05) is 18.2 Å². The van der Waals surface area contributed by atoms with Gasteiger partial charge in [-0.15, -0.1) is 0 Å². The van der Waals surface area contributed by atoms with Crippen molar-refractivity contribution in [2.75, 3.05) is 19.0 Å². The third-order valence-electron chi connectivity index (χ3n) is 3.24. The van der Waals surface area contributed by atoms with Gasteiger partial charge < -0.3 is 10.1 Å². The van der Waals surface area contributed by atoms with Gasteiger partial charge in [-0.3, -0.25) is 4.79 Å². The largest absolute Gasteiger partial charge is 0.479 e. The number of methoxy groups -OCH3 is 1. The monoisotopic (exact) mass is 255 g/mol. The van der Waals surface area contributed by atoms with Gasteiger partial charge in [0.1, 0.15) is 0 Å². The van der Waals surface area contributed by atoms with Crippen LogP contribution in [-0.2, 0) is 0 Å². The molecule has 1 unspecified atom stereocenters. The van der Waals surface area contributed by atoms with Gasteiger partial charge in [0.05, 0.1) is 13.0 Å². The van der Waals surface area contributed by atoms with Crippen molar-refractivity contribution in [2.24, 2.45) is 0 Å². The van der Waals surface area contributed by atoms with Gasteiger partial charge in [-0.25, -0.2) is 9.97 Å². The molecular weight excluding hydrogens is 242 g/mol. The number of aromatic nitrogens is 2. The summed E-state index contributed by atoms with van der Waals surface area (Å²) in [5.74, 6) is -0.0268. The minimum atomic E-state index is -0.234. The molecule has 2 heterocycles. The maximum atomic E-state index is 12.6. The van der Waals surface area contributed by atoms with E-state index in [4.69, 9.17) is 4.74 Å². The zero-order valence-electron chi connectivity index (χ0n) is 10.5. The van der Waals surface area contributed by atoms with E-state index in [0.29, 0.717) is 6.54 Å².